The fourth-order valence-electron chi connectivity index (χ4n) is 3.33. The van der Waals surface area contributed by atoms with Crippen molar-refractivity contribution in [3.05, 3.63) is 82.9 Å². The molecular weight excluding hydrogens is 464 g/mol. The highest BCUT2D eigenvalue weighted by molar-refractivity contribution is 7.86. The van der Waals surface area contributed by atoms with Crippen LogP contribution in [0.4, 0.5) is 28.4 Å². The smallest absolute Gasteiger partial charge is 0.299 e. The van der Waals surface area contributed by atoms with E-state index < -0.39 is 42.8 Å². The van der Waals surface area contributed by atoms with Crippen molar-refractivity contribution in [2.24, 2.45) is 10.2 Å². The molecule has 172 valence electrons. The zero-order valence-corrected chi connectivity index (χ0v) is 18.0. The average molecular weight is 480 g/mol. The maximum absolute atomic E-state index is 12.4. The Balaban J connectivity index is 2.00. The third-order valence-electron chi connectivity index (χ3n) is 4.85. The number of fused-ring (bicyclic) bond motifs is 1. The van der Waals surface area contributed by atoms with Gasteiger partial charge in [-0.2, -0.15) is 8.42 Å². The van der Waals surface area contributed by atoms with Crippen LogP contribution in [0.25, 0.3) is 10.8 Å². The van der Waals surface area contributed by atoms with E-state index in [9.17, 15) is 33.3 Å². The molecule has 0 fully saturated rings. The van der Waals surface area contributed by atoms with Crippen LogP contribution in [0.5, 0.6) is 11.5 Å². The van der Waals surface area contributed by atoms with Gasteiger partial charge in [-0.3, -0.25) is 14.7 Å². The van der Waals surface area contributed by atoms with Gasteiger partial charge in [-0.1, -0.05) is 42.5 Å². The summed E-state index contributed by atoms with van der Waals surface area (Å²) in [7, 11) is -4.98. The first-order valence-electron chi connectivity index (χ1n) is 9.63. The first kappa shape index (κ1) is 22.6. The number of rotatable bonds is 6. The van der Waals surface area contributed by atoms with E-state index in [1.807, 2.05) is 0 Å². The van der Waals surface area contributed by atoms with Crippen LogP contribution in [-0.2, 0) is 10.1 Å². The fourth-order valence-corrected chi connectivity index (χ4v) is 4.13. The van der Waals surface area contributed by atoms with Gasteiger partial charge in [-0.05, 0) is 18.2 Å². The van der Waals surface area contributed by atoms with E-state index in [1.54, 1.807) is 48.5 Å². The molecular formula is C22H16N4O7S. The second-order valence-corrected chi connectivity index (χ2v) is 8.40. The van der Waals surface area contributed by atoms with Gasteiger partial charge in [0.2, 0.25) is 0 Å². The molecule has 0 spiro atoms. The SMILES string of the molecule is O=[N+]([O-])c1ccc(O)c(N=Nc2c(S(=O)(=O)O)c(Nc3ccccc3)c3ccccc3c2O)c1. The molecule has 0 aliphatic heterocycles. The van der Waals surface area contributed by atoms with Crippen molar-refractivity contribution >= 4 is 49.3 Å². The highest BCUT2D eigenvalue weighted by Crippen LogP contribution is 2.48. The van der Waals surface area contributed by atoms with E-state index in [2.05, 4.69) is 15.5 Å². The van der Waals surface area contributed by atoms with E-state index in [0.29, 0.717) is 5.69 Å². The highest BCUT2D eigenvalue weighted by atomic mass is 32.2. The molecule has 4 aromatic rings. The van der Waals surface area contributed by atoms with Gasteiger partial charge in [0.1, 0.15) is 16.3 Å². The topological polar surface area (TPSA) is 175 Å². The van der Waals surface area contributed by atoms with Gasteiger partial charge in [0.05, 0.1) is 10.6 Å². The van der Waals surface area contributed by atoms with Crippen molar-refractivity contribution in [1.82, 2.24) is 0 Å². The Labute approximate surface area is 192 Å². The van der Waals surface area contributed by atoms with Crippen LogP contribution < -0.4 is 5.32 Å². The number of aromatic hydroxyl groups is 2. The predicted molar refractivity (Wildman–Crippen MR) is 124 cm³/mol. The Morgan fingerprint density at radius 1 is 0.882 bits per heavy atom. The number of phenols is 2. The monoisotopic (exact) mass is 480 g/mol. The van der Waals surface area contributed by atoms with Gasteiger partial charge in [-0.25, -0.2) is 0 Å². The average Bonchev–Trinajstić information content (AvgIpc) is 2.80. The number of phenolic OH excluding ortho intramolecular Hbond substituents is 2. The Morgan fingerprint density at radius 2 is 1.53 bits per heavy atom. The minimum absolute atomic E-state index is 0.0701. The summed E-state index contributed by atoms with van der Waals surface area (Å²) in [5.41, 5.74) is -0.941. The van der Waals surface area contributed by atoms with Crippen LogP contribution in [-0.4, -0.2) is 28.1 Å². The van der Waals surface area contributed by atoms with E-state index in [0.717, 1.165) is 18.2 Å². The lowest BCUT2D eigenvalue weighted by molar-refractivity contribution is -0.384. The van der Waals surface area contributed by atoms with Gasteiger partial charge >= 0.3 is 0 Å². The van der Waals surface area contributed by atoms with Gasteiger partial charge in [0.25, 0.3) is 15.8 Å². The number of hydrogen-bond donors (Lipinski definition) is 4. The lowest BCUT2D eigenvalue weighted by Gasteiger charge is -2.17. The molecule has 0 saturated carbocycles. The lowest BCUT2D eigenvalue weighted by atomic mass is 10.1. The Bertz CT molecular complexity index is 1560. The summed E-state index contributed by atoms with van der Waals surface area (Å²) in [6.45, 7) is 0. The molecule has 12 heteroatoms. The molecule has 0 unspecified atom stereocenters. The molecule has 4 rings (SSSR count). The van der Waals surface area contributed by atoms with Gasteiger partial charge in [0, 0.05) is 28.6 Å². The molecule has 0 heterocycles. The van der Waals surface area contributed by atoms with Crippen LogP contribution in [0.3, 0.4) is 0 Å². The Morgan fingerprint density at radius 3 is 2.18 bits per heavy atom. The number of hydrogen-bond acceptors (Lipinski definition) is 9. The molecule has 0 aliphatic rings. The summed E-state index contributed by atoms with van der Waals surface area (Å²) in [6, 6.07) is 17.8. The van der Waals surface area contributed by atoms with E-state index in [1.165, 1.54) is 6.07 Å². The molecule has 4 aromatic carbocycles. The third kappa shape index (κ3) is 4.35. The molecule has 0 bridgehead atoms. The number of benzene rings is 4. The van der Waals surface area contributed by atoms with Crippen LogP contribution in [0.2, 0.25) is 0 Å². The lowest BCUT2D eigenvalue weighted by Crippen LogP contribution is -2.05. The van der Waals surface area contributed by atoms with Crippen molar-refractivity contribution in [2.45, 2.75) is 4.90 Å². The predicted octanol–water partition coefficient (Wildman–Crippen LogP) is 5.56. The van der Waals surface area contributed by atoms with Gasteiger partial charge < -0.3 is 15.5 Å². The quantitative estimate of drug-likeness (QED) is 0.0911. The fraction of sp³-hybridized carbons (Fsp3) is 0. The van der Waals surface area contributed by atoms with Crippen molar-refractivity contribution in [2.75, 3.05) is 5.32 Å². The standard InChI is InChI=1S/C22H16N4O7S/c27-18-11-10-14(26(29)30)12-17(18)24-25-20-21(28)16-9-5-4-8-15(16)19(22(20)34(31,32)33)23-13-6-2-1-3-7-13/h1-12,23,27-28H,(H,31,32,33). The summed E-state index contributed by atoms with van der Waals surface area (Å²) < 4.78 is 35.0. The van der Waals surface area contributed by atoms with Crippen molar-refractivity contribution in [1.29, 1.82) is 0 Å². The normalized spacial score (nSPS) is 11.7. The van der Waals surface area contributed by atoms with Gasteiger partial charge in [0.15, 0.2) is 11.4 Å². The largest absolute Gasteiger partial charge is 0.506 e. The molecule has 0 amide bonds. The number of azo groups is 1. The van der Waals surface area contributed by atoms with Gasteiger partial charge in [-0.15, -0.1) is 10.2 Å². The number of anilines is 2. The summed E-state index contributed by atoms with van der Waals surface area (Å²) in [5.74, 6) is -1.07. The first-order valence-corrected chi connectivity index (χ1v) is 11.1. The zero-order chi connectivity index (χ0) is 24.5. The maximum atomic E-state index is 12.4. The summed E-state index contributed by atoms with van der Waals surface area (Å²) in [5, 5.41) is 42.8. The number of para-hydroxylation sites is 1. The van der Waals surface area contributed by atoms with Crippen molar-refractivity contribution < 1.29 is 28.1 Å². The number of nitro groups is 1. The summed E-state index contributed by atoms with van der Waals surface area (Å²) in [4.78, 5) is 9.56. The second kappa shape index (κ2) is 8.77. The first-order chi connectivity index (χ1) is 16.2. The minimum atomic E-state index is -4.98. The summed E-state index contributed by atoms with van der Waals surface area (Å²) >= 11 is 0. The molecule has 4 N–H and O–H groups in total. The van der Waals surface area contributed by atoms with E-state index in [4.69, 9.17) is 0 Å². The number of nitrogens with one attached hydrogen (secondary N) is 1. The van der Waals surface area contributed by atoms with E-state index >= 15 is 0 Å². The molecule has 34 heavy (non-hydrogen) atoms. The molecule has 0 aromatic heterocycles. The molecule has 0 saturated heterocycles. The molecule has 0 aliphatic carbocycles. The Kier molecular flexibility index (Phi) is 5.84. The van der Waals surface area contributed by atoms with Crippen LogP contribution in [0.1, 0.15) is 0 Å². The Hall–Kier alpha value is -4.55. The number of nitro benzene ring substituents is 1. The van der Waals surface area contributed by atoms with Crippen molar-refractivity contribution in [3.8, 4) is 11.5 Å². The number of nitrogens with zero attached hydrogens (tertiary/aromatic N) is 3. The zero-order valence-electron chi connectivity index (χ0n) is 17.2. The highest BCUT2D eigenvalue weighted by Gasteiger charge is 2.28. The minimum Gasteiger partial charge on any atom is -0.506 e. The third-order valence-corrected chi connectivity index (χ3v) is 5.76. The number of non-ortho nitro benzene ring substituents is 1. The van der Waals surface area contributed by atoms with Crippen LogP contribution in [0.15, 0.2) is 87.9 Å². The molecule has 11 nitrogen and oxygen atoms in total. The van der Waals surface area contributed by atoms with Crippen molar-refractivity contribution in [3.63, 3.8) is 0 Å². The van der Waals surface area contributed by atoms with E-state index in [-0.39, 0.29) is 22.1 Å². The summed E-state index contributed by atoms with van der Waals surface area (Å²) in [6.07, 6.45) is 0. The molecule has 0 radical (unpaired) electrons. The molecule has 0 atom stereocenters. The second-order valence-electron chi connectivity index (χ2n) is 7.04. The van der Waals surface area contributed by atoms with Crippen LogP contribution >= 0.6 is 0 Å². The maximum Gasteiger partial charge on any atom is 0.299 e. The van der Waals surface area contributed by atoms with Crippen LogP contribution in [0, 0.1) is 10.1 Å².